The van der Waals surface area contributed by atoms with Crippen molar-refractivity contribution >= 4 is 17.6 Å². The molecule has 0 aromatic heterocycles. The van der Waals surface area contributed by atoms with E-state index >= 15 is 0 Å². The molecule has 106 valence electrons. The van der Waals surface area contributed by atoms with Gasteiger partial charge in [-0.15, -0.1) is 0 Å². The minimum atomic E-state index is -4.44. The molecule has 1 unspecified atom stereocenters. The van der Waals surface area contributed by atoms with E-state index in [-0.39, 0.29) is 12.2 Å². The van der Waals surface area contributed by atoms with Crippen molar-refractivity contribution in [1.82, 2.24) is 0 Å². The zero-order valence-electron chi connectivity index (χ0n) is 10.6. The maximum Gasteiger partial charge on any atom is 0.390 e. The van der Waals surface area contributed by atoms with Gasteiger partial charge in [0.05, 0.1) is 18.9 Å². The predicted molar refractivity (Wildman–Crippen MR) is 66.2 cm³/mol. The number of carbonyl (C=O) groups excluding carboxylic acids is 1. The SMILES string of the molecule is CCOC(=O)C(CC(F)(F)F)c1ccc(Cl)c(C)c1. The van der Waals surface area contributed by atoms with E-state index in [2.05, 4.69) is 0 Å². The number of esters is 1. The highest BCUT2D eigenvalue weighted by atomic mass is 35.5. The Kier molecular flexibility index (Phi) is 5.23. The van der Waals surface area contributed by atoms with Gasteiger partial charge in [0.15, 0.2) is 0 Å². The summed E-state index contributed by atoms with van der Waals surface area (Å²) in [5, 5.41) is 0.443. The summed E-state index contributed by atoms with van der Waals surface area (Å²) < 4.78 is 42.3. The third-order valence-electron chi connectivity index (χ3n) is 2.59. The molecule has 0 heterocycles. The summed E-state index contributed by atoms with van der Waals surface area (Å²) in [5.74, 6) is -2.22. The number of carbonyl (C=O) groups is 1. The zero-order valence-corrected chi connectivity index (χ0v) is 11.3. The molecule has 0 aliphatic rings. The van der Waals surface area contributed by atoms with Crippen LogP contribution in [0, 0.1) is 6.92 Å². The number of rotatable bonds is 4. The van der Waals surface area contributed by atoms with Crippen LogP contribution in [0.1, 0.15) is 30.4 Å². The largest absolute Gasteiger partial charge is 0.466 e. The number of aryl methyl sites for hydroxylation is 1. The number of hydrogen-bond donors (Lipinski definition) is 0. The van der Waals surface area contributed by atoms with Crippen LogP contribution in [0.5, 0.6) is 0 Å². The van der Waals surface area contributed by atoms with Gasteiger partial charge in [0.1, 0.15) is 0 Å². The second-order valence-electron chi connectivity index (χ2n) is 4.13. The molecule has 0 saturated heterocycles. The second-order valence-corrected chi connectivity index (χ2v) is 4.54. The Morgan fingerprint density at radius 3 is 2.53 bits per heavy atom. The molecule has 1 aromatic carbocycles. The van der Waals surface area contributed by atoms with Crippen LogP contribution >= 0.6 is 11.6 Å². The summed E-state index contributed by atoms with van der Waals surface area (Å²) in [5.41, 5.74) is 0.883. The molecule has 2 nitrogen and oxygen atoms in total. The van der Waals surface area contributed by atoms with Crippen molar-refractivity contribution in [1.29, 1.82) is 0 Å². The van der Waals surface area contributed by atoms with Gasteiger partial charge < -0.3 is 4.74 Å². The second kappa shape index (κ2) is 6.28. The first-order valence-corrected chi connectivity index (χ1v) is 6.12. The Balaban J connectivity index is 3.07. The van der Waals surface area contributed by atoms with Crippen LogP contribution in [0.2, 0.25) is 5.02 Å². The Hall–Kier alpha value is -1.23. The van der Waals surface area contributed by atoms with Crippen molar-refractivity contribution in [3.63, 3.8) is 0 Å². The molecule has 0 radical (unpaired) electrons. The third-order valence-corrected chi connectivity index (χ3v) is 3.02. The fraction of sp³-hybridized carbons (Fsp3) is 0.462. The van der Waals surface area contributed by atoms with Crippen molar-refractivity contribution in [3.8, 4) is 0 Å². The molecule has 0 saturated carbocycles. The fourth-order valence-electron chi connectivity index (χ4n) is 1.70. The minimum absolute atomic E-state index is 0.0414. The van der Waals surface area contributed by atoms with E-state index in [1.807, 2.05) is 0 Å². The molecule has 1 rings (SSSR count). The van der Waals surface area contributed by atoms with Crippen molar-refractivity contribution < 1.29 is 22.7 Å². The predicted octanol–water partition coefficient (Wildman–Crippen LogP) is 4.25. The van der Waals surface area contributed by atoms with E-state index < -0.39 is 24.5 Å². The molecule has 0 aliphatic heterocycles. The number of hydrogen-bond acceptors (Lipinski definition) is 2. The van der Waals surface area contributed by atoms with E-state index in [1.54, 1.807) is 13.8 Å². The Morgan fingerprint density at radius 1 is 1.42 bits per heavy atom. The standard InChI is InChI=1S/C13H14ClF3O2/c1-3-19-12(18)10(7-13(15,16)17)9-4-5-11(14)8(2)6-9/h4-6,10H,3,7H2,1-2H3. The van der Waals surface area contributed by atoms with Gasteiger partial charge in [-0.25, -0.2) is 0 Å². The number of ether oxygens (including phenoxy) is 1. The number of benzene rings is 1. The van der Waals surface area contributed by atoms with Gasteiger partial charge in [-0.2, -0.15) is 13.2 Å². The van der Waals surface area contributed by atoms with Crippen molar-refractivity contribution in [2.75, 3.05) is 6.61 Å². The zero-order chi connectivity index (χ0) is 14.6. The average Bonchev–Trinajstić information content (AvgIpc) is 2.29. The first-order chi connectivity index (χ1) is 8.74. The Labute approximate surface area is 114 Å². The molecule has 0 N–H and O–H groups in total. The molecular formula is C13H14ClF3O2. The highest BCUT2D eigenvalue weighted by Gasteiger charge is 2.37. The van der Waals surface area contributed by atoms with E-state index in [0.717, 1.165) is 0 Å². The third kappa shape index (κ3) is 4.74. The van der Waals surface area contributed by atoms with Crippen LogP contribution in [0.25, 0.3) is 0 Å². The normalized spacial score (nSPS) is 13.2. The smallest absolute Gasteiger partial charge is 0.390 e. The maximum absolute atomic E-state index is 12.5. The highest BCUT2D eigenvalue weighted by Crippen LogP contribution is 2.33. The lowest BCUT2D eigenvalue weighted by atomic mass is 9.94. The molecule has 6 heteroatoms. The van der Waals surface area contributed by atoms with Gasteiger partial charge in [0.25, 0.3) is 0 Å². The molecule has 0 bridgehead atoms. The van der Waals surface area contributed by atoms with E-state index in [4.69, 9.17) is 16.3 Å². The van der Waals surface area contributed by atoms with Gasteiger partial charge in [-0.3, -0.25) is 4.79 Å². The Bertz CT molecular complexity index is 458. The quantitative estimate of drug-likeness (QED) is 0.776. The van der Waals surface area contributed by atoms with Gasteiger partial charge in [0, 0.05) is 5.02 Å². The summed E-state index contributed by atoms with van der Waals surface area (Å²) in [6, 6.07) is 4.38. The van der Waals surface area contributed by atoms with Gasteiger partial charge >= 0.3 is 12.1 Å². The first kappa shape index (κ1) is 15.8. The van der Waals surface area contributed by atoms with E-state index in [0.29, 0.717) is 10.6 Å². The lowest BCUT2D eigenvalue weighted by Gasteiger charge is -2.18. The molecule has 1 aromatic rings. The van der Waals surface area contributed by atoms with Crippen LogP contribution in [-0.4, -0.2) is 18.8 Å². The van der Waals surface area contributed by atoms with Crippen LogP contribution in [-0.2, 0) is 9.53 Å². The van der Waals surface area contributed by atoms with Crippen molar-refractivity contribution in [3.05, 3.63) is 34.3 Å². The van der Waals surface area contributed by atoms with Crippen molar-refractivity contribution in [2.45, 2.75) is 32.4 Å². The molecule has 0 spiro atoms. The van der Waals surface area contributed by atoms with E-state index in [9.17, 15) is 18.0 Å². The monoisotopic (exact) mass is 294 g/mol. The topological polar surface area (TPSA) is 26.3 Å². The summed E-state index contributed by atoms with van der Waals surface area (Å²) in [6.07, 6.45) is -5.68. The minimum Gasteiger partial charge on any atom is -0.466 e. The van der Waals surface area contributed by atoms with Crippen LogP contribution in [0.4, 0.5) is 13.2 Å². The summed E-state index contributed by atoms with van der Waals surface area (Å²) >= 11 is 5.82. The lowest BCUT2D eigenvalue weighted by molar-refractivity contribution is -0.161. The average molecular weight is 295 g/mol. The lowest BCUT2D eigenvalue weighted by Crippen LogP contribution is -2.23. The molecule has 0 amide bonds. The molecular weight excluding hydrogens is 281 g/mol. The van der Waals surface area contributed by atoms with Crippen LogP contribution in [0.3, 0.4) is 0 Å². The molecule has 19 heavy (non-hydrogen) atoms. The summed E-state index contributed by atoms with van der Waals surface area (Å²) in [4.78, 5) is 11.7. The molecule has 1 atom stereocenters. The van der Waals surface area contributed by atoms with Gasteiger partial charge in [0.2, 0.25) is 0 Å². The van der Waals surface area contributed by atoms with E-state index in [1.165, 1.54) is 18.2 Å². The van der Waals surface area contributed by atoms with Crippen LogP contribution < -0.4 is 0 Å². The van der Waals surface area contributed by atoms with Gasteiger partial charge in [-0.1, -0.05) is 23.7 Å². The number of alkyl halides is 3. The molecule has 0 fully saturated rings. The molecule has 0 aliphatic carbocycles. The number of halogens is 4. The highest BCUT2D eigenvalue weighted by molar-refractivity contribution is 6.31. The maximum atomic E-state index is 12.5. The van der Waals surface area contributed by atoms with Gasteiger partial charge in [-0.05, 0) is 31.0 Å². The summed E-state index contributed by atoms with van der Waals surface area (Å²) in [7, 11) is 0. The fourth-order valence-corrected chi connectivity index (χ4v) is 1.81. The van der Waals surface area contributed by atoms with Crippen molar-refractivity contribution in [2.24, 2.45) is 0 Å². The summed E-state index contributed by atoms with van der Waals surface area (Å²) in [6.45, 7) is 3.26. The first-order valence-electron chi connectivity index (χ1n) is 5.74. The van der Waals surface area contributed by atoms with Crippen LogP contribution in [0.15, 0.2) is 18.2 Å². The Morgan fingerprint density at radius 2 is 2.05 bits per heavy atom.